The number of methoxy groups -OCH3 is 1. The number of hydrogen-bond donors (Lipinski definition) is 1. The van der Waals surface area contributed by atoms with E-state index in [1.165, 1.54) is 4.63 Å². The van der Waals surface area contributed by atoms with Crippen molar-refractivity contribution in [2.24, 2.45) is 0 Å². The van der Waals surface area contributed by atoms with Crippen molar-refractivity contribution in [1.29, 1.82) is 0 Å². The van der Waals surface area contributed by atoms with E-state index in [2.05, 4.69) is 20.5 Å². The van der Waals surface area contributed by atoms with Crippen LogP contribution in [-0.4, -0.2) is 50.3 Å². The highest BCUT2D eigenvalue weighted by atomic mass is 16.5. The third-order valence-electron chi connectivity index (χ3n) is 4.47. The van der Waals surface area contributed by atoms with E-state index < -0.39 is 0 Å². The van der Waals surface area contributed by atoms with Gasteiger partial charge in [-0.15, -0.1) is 14.8 Å². The van der Waals surface area contributed by atoms with Crippen LogP contribution >= 0.6 is 0 Å². The Kier molecular flexibility index (Phi) is 4.16. The van der Waals surface area contributed by atoms with Crippen LogP contribution in [0.1, 0.15) is 17.8 Å². The molecule has 0 spiro atoms. The van der Waals surface area contributed by atoms with Crippen LogP contribution < -0.4 is 10.1 Å². The Labute approximate surface area is 150 Å². The third-order valence-corrected chi connectivity index (χ3v) is 4.47. The van der Waals surface area contributed by atoms with Gasteiger partial charge >= 0.3 is 0 Å². The number of carbonyl (C=O) groups is 1. The Morgan fingerprint density at radius 2 is 2.00 bits per heavy atom. The number of likely N-dealkylation sites (tertiary alicyclic amines) is 1. The molecule has 134 valence electrons. The highest BCUT2D eigenvalue weighted by Crippen LogP contribution is 2.20. The number of fused-ring (bicyclic) bond motifs is 1. The lowest BCUT2D eigenvalue weighted by Gasteiger charge is -2.17. The van der Waals surface area contributed by atoms with Gasteiger partial charge in [-0.1, -0.05) is 12.1 Å². The molecule has 1 atom stereocenters. The highest BCUT2D eigenvalue weighted by Gasteiger charge is 2.31. The van der Waals surface area contributed by atoms with Gasteiger partial charge in [0.2, 0.25) is 5.91 Å². The lowest BCUT2D eigenvalue weighted by molar-refractivity contribution is -0.128. The second-order valence-corrected chi connectivity index (χ2v) is 6.32. The Balaban J connectivity index is 1.42. The monoisotopic (exact) mass is 352 g/mol. The van der Waals surface area contributed by atoms with Crippen molar-refractivity contribution in [3.05, 3.63) is 47.8 Å². The van der Waals surface area contributed by atoms with Gasteiger partial charge in [-0.05, 0) is 43.2 Å². The van der Waals surface area contributed by atoms with E-state index in [4.69, 9.17) is 4.74 Å². The van der Waals surface area contributed by atoms with Crippen LogP contribution in [0.15, 0.2) is 36.4 Å². The first-order valence-electron chi connectivity index (χ1n) is 8.51. The van der Waals surface area contributed by atoms with Crippen molar-refractivity contribution in [3.8, 4) is 5.75 Å². The summed E-state index contributed by atoms with van der Waals surface area (Å²) in [5, 5.41) is 11.8. The molecule has 8 nitrogen and oxygen atoms in total. The SMILES string of the molecule is COc1ccc(CN2CCC(Nc3ccc4nc(C)nn4n3)C2=O)cc1. The van der Waals surface area contributed by atoms with Gasteiger partial charge in [0, 0.05) is 13.1 Å². The zero-order valence-electron chi connectivity index (χ0n) is 14.7. The first-order chi connectivity index (χ1) is 12.6. The Morgan fingerprint density at radius 3 is 2.77 bits per heavy atom. The number of aryl methyl sites for hydroxylation is 1. The normalized spacial score (nSPS) is 17.1. The van der Waals surface area contributed by atoms with Gasteiger partial charge in [0.15, 0.2) is 5.65 Å². The molecule has 1 fully saturated rings. The number of aromatic nitrogens is 4. The summed E-state index contributed by atoms with van der Waals surface area (Å²) in [4.78, 5) is 18.8. The van der Waals surface area contributed by atoms with Crippen LogP contribution in [0.2, 0.25) is 0 Å². The van der Waals surface area contributed by atoms with E-state index in [9.17, 15) is 4.79 Å². The van der Waals surface area contributed by atoms with Crippen LogP contribution in [0.25, 0.3) is 5.65 Å². The molecular formula is C18H20N6O2. The van der Waals surface area contributed by atoms with Crippen molar-refractivity contribution in [2.75, 3.05) is 19.0 Å². The Morgan fingerprint density at radius 1 is 1.19 bits per heavy atom. The van der Waals surface area contributed by atoms with Gasteiger partial charge in [-0.3, -0.25) is 4.79 Å². The fourth-order valence-corrected chi connectivity index (χ4v) is 3.12. The number of nitrogens with one attached hydrogen (secondary N) is 1. The number of hydrogen-bond acceptors (Lipinski definition) is 6. The molecule has 1 N–H and O–H groups in total. The topological polar surface area (TPSA) is 84.7 Å². The molecule has 0 aliphatic carbocycles. The second kappa shape index (κ2) is 6.62. The van der Waals surface area contributed by atoms with Gasteiger partial charge in [0.25, 0.3) is 0 Å². The molecule has 4 rings (SSSR count). The molecular weight excluding hydrogens is 332 g/mol. The van der Waals surface area contributed by atoms with E-state index in [0.717, 1.165) is 17.7 Å². The summed E-state index contributed by atoms with van der Waals surface area (Å²) in [5.41, 5.74) is 1.77. The average Bonchev–Trinajstić information content (AvgIpc) is 3.18. The van der Waals surface area contributed by atoms with Gasteiger partial charge in [0.1, 0.15) is 23.4 Å². The largest absolute Gasteiger partial charge is 0.497 e. The fourth-order valence-electron chi connectivity index (χ4n) is 3.12. The maximum absolute atomic E-state index is 12.7. The number of ether oxygens (including phenoxy) is 1. The van der Waals surface area contributed by atoms with Crippen LogP contribution in [-0.2, 0) is 11.3 Å². The molecule has 3 aromatic rings. The summed E-state index contributed by atoms with van der Waals surface area (Å²) in [5.74, 6) is 2.17. The van der Waals surface area contributed by atoms with Gasteiger partial charge in [0.05, 0.1) is 7.11 Å². The molecule has 0 bridgehead atoms. The van der Waals surface area contributed by atoms with E-state index >= 15 is 0 Å². The fraction of sp³-hybridized carbons (Fsp3) is 0.333. The highest BCUT2D eigenvalue weighted by molar-refractivity contribution is 5.86. The van der Waals surface area contributed by atoms with Crippen LogP contribution in [0.5, 0.6) is 5.75 Å². The molecule has 0 saturated carbocycles. The maximum Gasteiger partial charge on any atom is 0.245 e. The summed E-state index contributed by atoms with van der Waals surface area (Å²) >= 11 is 0. The average molecular weight is 352 g/mol. The zero-order valence-corrected chi connectivity index (χ0v) is 14.7. The molecule has 0 radical (unpaired) electrons. The molecule has 1 aliphatic heterocycles. The van der Waals surface area contributed by atoms with E-state index in [1.807, 2.05) is 48.2 Å². The quantitative estimate of drug-likeness (QED) is 0.752. The summed E-state index contributed by atoms with van der Waals surface area (Å²) in [6.45, 7) is 3.13. The smallest absolute Gasteiger partial charge is 0.245 e. The molecule has 3 heterocycles. The van der Waals surface area contributed by atoms with Gasteiger partial charge in [-0.2, -0.15) is 0 Å². The van der Waals surface area contributed by atoms with Crippen LogP contribution in [0, 0.1) is 6.92 Å². The number of benzene rings is 1. The lowest BCUT2D eigenvalue weighted by atomic mass is 10.2. The predicted molar refractivity (Wildman–Crippen MR) is 96.0 cm³/mol. The third kappa shape index (κ3) is 3.17. The molecule has 1 amide bonds. The minimum absolute atomic E-state index is 0.0810. The van der Waals surface area contributed by atoms with Crippen molar-refractivity contribution < 1.29 is 9.53 Å². The Hall–Kier alpha value is -3.16. The number of rotatable bonds is 5. The van der Waals surface area contributed by atoms with Crippen LogP contribution in [0.3, 0.4) is 0 Å². The zero-order chi connectivity index (χ0) is 18.1. The number of amides is 1. The number of anilines is 1. The van der Waals surface area contributed by atoms with E-state index in [0.29, 0.717) is 30.4 Å². The van der Waals surface area contributed by atoms with Crippen molar-refractivity contribution in [2.45, 2.75) is 25.9 Å². The molecule has 1 unspecified atom stereocenters. The summed E-state index contributed by atoms with van der Waals surface area (Å²) < 4.78 is 6.65. The van der Waals surface area contributed by atoms with E-state index in [1.54, 1.807) is 7.11 Å². The molecule has 8 heteroatoms. The summed E-state index contributed by atoms with van der Waals surface area (Å²) in [7, 11) is 1.64. The molecule has 1 saturated heterocycles. The molecule has 1 aromatic carbocycles. The number of carbonyl (C=O) groups excluding carboxylic acids is 1. The standard InChI is InChI=1S/C18H20N6O2/c1-12-19-17-8-7-16(22-24(17)21-12)20-15-9-10-23(18(15)25)11-13-3-5-14(26-2)6-4-13/h3-8,15H,9-11H2,1-2H3,(H,20,22). The van der Waals surface area contributed by atoms with Crippen LogP contribution in [0.4, 0.5) is 5.82 Å². The second-order valence-electron chi connectivity index (χ2n) is 6.32. The minimum Gasteiger partial charge on any atom is -0.497 e. The van der Waals surface area contributed by atoms with Gasteiger partial charge in [-0.25, -0.2) is 4.98 Å². The lowest BCUT2D eigenvalue weighted by Crippen LogP contribution is -2.33. The predicted octanol–water partition coefficient (Wildman–Crippen LogP) is 1.65. The summed E-state index contributed by atoms with van der Waals surface area (Å²) in [6, 6.07) is 11.2. The van der Waals surface area contributed by atoms with Crippen molar-refractivity contribution >= 4 is 17.4 Å². The number of nitrogens with zero attached hydrogens (tertiary/aromatic N) is 5. The minimum atomic E-state index is -0.275. The molecule has 1 aliphatic rings. The Bertz CT molecular complexity index is 937. The van der Waals surface area contributed by atoms with Gasteiger partial charge < -0.3 is 15.0 Å². The van der Waals surface area contributed by atoms with Crippen molar-refractivity contribution in [3.63, 3.8) is 0 Å². The molecule has 2 aromatic heterocycles. The van der Waals surface area contributed by atoms with E-state index in [-0.39, 0.29) is 11.9 Å². The first-order valence-corrected chi connectivity index (χ1v) is 8.51. The maximum atomic E-state index is 12.7. The van der Waals surface area contributed by atoms with Crippen molar-refractivity contribution in [1.82, 2.24) is 24.7 Å². The molecule has 26 heavy (non-hydrogen) atoms. The first kappa shape index (κ1) is 16.3. The summed E-state index contributed by atoms with van der Waals surface area (Å²) in [6.07, 6.45) is 0.741.